The molecule has 1 amide bonds. The number of carbonyl (C=O) groups excluding carboxylic acids is 1. The third kappa shape index (κ3) is 4.78. The molecule has 1 aromatic rings. The van der Waals surface area contributed by atoms with Gasteiger partial charge in [-0.25, -0.2) is 4.68 Å². The third-order valence-corrected chi connectivity index (χ3v) is 2.09. The number of rotatable bonds is 4. The van der Waals surface area contributed by atoms with Crippen LogP contribution in [0.2, 0.25) is 0 Å². The zero-order valence-electron chi connectivity index (χ0n) is 10.5. The van der Waals surface area contributed by atoms with E-state index in [4.69, 9.17) is 5.73 Å². The second-order valence-corrected chi connectivity index (χ2v) is 4.72. The number of halogens is 3. The summed E-state index contributed by atoms with van der Waals surface area (Å²) in [6.07, 6.45) is -3.53. The smallest absolute Gasteiger partial charge is 0.396 e. The maximum absolute atomic E-state index is 12.3. The molecule has 1 aromatic heterocycles. The lowest BCUT2D eigenvalue weighted by atomic mass is 10.1. The maximum atomic E-state index is 12.3. The molecule has 0 unspecified atom stereocenters. The monoisotopic (exact) mass is 280 g/mol. The number of carbonyl (C=O) groups is 1. The van der Waals surface area contributed by atoms with Gasteiger partial charge in [0.25, 0.3) is 5.91 Å². The minimum absolute atomic E-state index is 0.123. The van der Waals surface area contributed by atoms with Crippen LogP contribution >= 0.6 is 0 Å². The number of nitrogens with one attached hydrogen (secondary N) is 1. The van der Waals surface area contributed by atoms with E-state index in [-0.39, 0.29) is 17.9 Å². The van der Waals surface area contributed by atoms with Crippen LogP contribution < -0.4 is 11.1 Å². The van der Waals surface area contributed by atoms with Crippen molar-refractivity contribution < 1.29 is 23.1 Å². The molecule has 0 saturated carbocycles. The van der Waals surface area contributed by atoms with E-state index in [1.165, 1.54) is 13.8 Å². The fraction of sp³-hybridized carbons (Fsp3) is 0.600. The van der Waals surface area contributed by atoms with Crippen molar-refractivity contribution in [2.24, 2.45) is 0 Å². The van der Waals surface area contributed by atoms with Crippen LogP contribution in [0.4, 0.5) is 18.9 Å². The first kappa shape index (κ1) is 15.3. The van der Waals surface area contributed by atoms with Gasteiger partial charge in [-0.3, -0.25) is 4.79 Å². The molecule has 0 spiro atoms. The van der Waals surface area contributed by atoms with E-state index in [2.05, 4.69) is 10.4 Å². The Bertz CT molecular complexity index is 462. The largest absolute Gasteiger partial charge is 0.408 e. The van der Waals surface area contributed by atoms with Crippen molar-refractivity contribution in [1.82, 2.24) is 15.1 Å². The number of nitrogens with two attached hydrogens (primary N) is 1. The first-order chi connectivity index (χ1) is 8.49. The van der Waals surface area contributed by atoms with Gasteiger partial charge < -0.3 is 16.2 Å². The number of anilines is 1. The number of aliphatic hydroxyl groups is 1. The Hall–Kier alpha value is -1.77. The molecule has 6 nitrogen and oxygen atoms in total. The van der Waals surface area contributed by atoms with Crippen LogP contribution in [0.25, 0.3) is 0 Å². The highest BCUT2D eigenvalue weighted by molar-refractivity contribution is 5.97. The molecule has 0 saturated heterocycles. The van der Waals surface area contributed by atoms with E-state index in [0.717, 1.165) is 6.20 Å². The Morgan fingerprint density at radius 2 is 2.11 bits per heavy atom. The molecule has 1 heterocycles. The van der Waals surface area contributed by atoms with Gasteiger partial charge >= 0.3 is 6.18 Å². The molecule has 0 aromatic carbocycles. The van der Waals surface area contributed by atoms with Gasteiger partial charge in [-0.2, -0.15) is 18.3 Å². The van der Waals surface area contributed by atoms with Crippen LogP contribution in [0.15, 0.2) is 6.20 Å². The van der Waals surface area contributed by atoms with Gasteiger partial charge in [0.2, 0.25) is 0 Å². The van der Waals surface area contributed by atoms with Crippen molar-refractivity contribution in [2.45, 2.75) is 32.2 Å². The van der Waals surface area contributed by atoms with Crippen molar-refractivity contribution in [2.75, 3.05) is 12.3 Å². The van der Waals surface area contributed by atoms with Gasteiger partial charge in [0.1, 0.15) is 12.2 Å². The van der Waals surface area contributed by atoms with Gasteiger partial charge in [0.15, 0.2) is 0 Å². The van der Waals surface area contributed by atoms with E-state index in [0.29, 0.717) is 4.68 Å². The Labute approximate surface area is 107 Å². The number of alkyl halides is 3. The maximum Gasteiger partial charge on any atom is 0.408 e. The minimum Gasteiger partial charge on any atom is -0.396 e. The molecule has 0 aliphatic rings. The molecule has 19 heavy (non-hydrogen) atoms. The van der Waals surface area contributed by atoms with Crippen LogP contribution in [0.5, 0.6) is 0 Å². The average Bonchev–Trinajstić information content (AvgIpc) is 2.53. The molecule has 0 atom stereocenters. The SMILES string of the molecule is CC(C)(O)CNC(=O)c1c(N)cnn1CC(F)(F)F. The van der Waals surface area contributed by atoms with Crippen LogP contribution in [0, 0.1) is 0 Å². The zero-order valence-corrected chi connectivity index (χ0v) is 10.5. The molecular formula is C10H15F3N4O2. The number of hydrogen-bond donors (Lipinski definition) is 3. The van der Waals surface area contributed by atoms with Gasteiger partial charge in [-0.15, -0.1) is 0 Å². The second kappa shape index (κ2) is 5.08. The highest BCUT2D eigenvalue weighted by Crippen LogP contribution is 2.20. The average molecular weight is 280 g/mol. The summed E-state index contributed by atoms with van der Waals surface area (Å²) >= 11 is 0. The summed E-state index contributed by atoms with van der Waals surface area (Å²) < 4.78 is 37.4. The summed E-state index contributed by atoms with van der Waals surface area (Å²) in [4.78, 5) is 11.7. The topological polar surface area (TPSA) is 93.2 Å². The summed E-state index contributed by atoms with van der Waals surface area (Å²) in [6, 6.07) is 0. The number of amides is 1. The van der Waals surface area contributed by atoms with Crippen LogP contribution in [-0.4, -0.2) is 39.1 Å². The zero-order chi connectivity index (χ0) is 14.8. The summed E-state index contributed by atoms with van der Waals surface area (Å²) in [7, 11) is 0. The van der Waals surface area contributed by atoms with Crippen molar-refractivity contribution in [3.05, 3.63) is 11.9 Å². The number of nitrogen functional groups attached to an aromatic ring is 1. The summed E-state index contributed by atoms with van der Waals surface area (Å²) in [6.45, 7) is 1.37. The Morgan fingerprint density at radius 1 is 1.53 bits per heavy atom. The number of hydrogen-bond acceptors (Lipinski definition) is 4. The normalized spacial score (nSPS) is 12.5. The molecule has 1 rings (SSSR count). The number of aromatic nitrogens is 2. The predicted molar refractivity (Wildman–Crippen MR) is 61.3 cm³/mol. The molecule has 9 heteroatoms. The van der Waals surface area contributed by atoms with Crippen molar-refractivity contribution in [3.8, 4) is 0 Å². The van der Waals surface area contributed by atoms with Crippen LogP contribution in [0.3, 0.4) is 0 Å². The van der Waals surface area contributed by atoms with E-state index in [9.17, 15) is 23.1 Å². The molecule has 0 radical (unpaired) electrons. The van der Waals surface area contributed by atoms with Crippen molar-refractivity contribution >= 4 is 11.6 Å². The molecule has 4 N–H and O–H groups in total. The van der Waals surface area contributed by atoms with Gasteiger partial charge in [-0.1, -0.05) is 0 Å². The van der Waals surface area contributed by atoms with E-state index < -0.39 is 24.2 Å². The van der Waals surface area contributed by atoms with Gasteiger partial charge in [0.05, 0.1) is 17.5 Å². The molecule has 0 bridgehead atoms. The predicted octanol–water partition coefficient (Wildman–Crippen LogP) is 0.528. The van der Waals surface area contributed by atoms with E-state index in [1.807, 2.05) is 0 Å². The standard InChI is InChI=1S/C10H15F3N4O2/c1-9(2,19)4-15-8(18)7-6(14)3-16-17(7)5-10(11,12)13/h3,19H,4-5,14H2,1-2H3,(H,15,18). The summed E-state index contributed by atoms with van der Waals surface area (Å²) in [5.41, 5.74) is 3.72. The highest BCUT2D eigenvalue weighted by Gasteiger charge is 2.31. The quantitative estimate of drug-likeness (QED) is 0.750. The van der Waals surface area contributed by atoms with Crippen LogP contribution in [0.1, 0.15) is 24.3 Å². The molecule has 0 aliphatic heterocycles. The molecular weight excluding hydrogens is 265 g/mol. The second-order valence-electron chi connectivity index (χ2n) is 4.72. The Kier molecular flexibility index (Phi) is 4.09. The first-order valence-corrected chi connectivity index (χ1v) is 5.38. The minimum atomic E-state index is -4.51. The first-order valence-electron chi connectivity index (χ1n) is 5.38. The van der Waals surface area contributed by atoms with Crippen molar-refractivity contribution in [1.29, 1.82) is 0 Å². The van der Waals surface area contributed by atoms with Gasteiger partial charge in [-0.05, 0) is 13.8 Å². The van der Waals surface area contributed by atoms with Crippen LogP contribution in [-0.2, 0) is 6.54 Å². The lowest BCUT2D eigenvalue weighted by Crippen LogP contribution is -2.39. The Morgan fingerprint density at radius 3 is 2.58 bits per heavy atom. The number of nitrogens with zero attached hydrogens (tertiary/aromatic N) is 2. The molecule has 0 fully saturated rings. The molecule has 0 aliphatic carbocycles. The lowest BCUT2D eigenvalue weighted by Gasteiger charge is -2.18. The van der Waals surface area contributed by atoms with Gasteiger partial charge in [0, 0.05) is 6.54 Å². The third-order valence-electron chi connectivity index (χ3n) is 2.09. The molecule has 108 valence electrons. The summed E-state index contributed by atoms with van der Waals surface area (Å²) in [5, 5.41) is 15.2. The van der Waals surface area contributed by atoms with Crippen molar-refractivity contribution in [3.63, 3.8) is 0 Å². The highest BCUT2D eigenvalue weighted by atomic mass is 19.4. The summed E-state index contributed by atoms with van der Waals surface area (Å²) in [5.74, 6) is -0.818. The fourth-order valence-electron chi connectivity index (χ4n) is 1.32. The van der Waals surface area contributed by atoms with E-state index >= 15 is 0 Å². The fourth-order valence-corrected chi connectivity index (χ4v) is 1.32. The van der Waals surface area contributed by atoms with E-state index in [1.54, 1.807) is 0 Å². The lowest BCUT2D eigenvalue weighted by molar-refractivity contribution is -0.142. The Balaban J connectivity index is 2.87.